The molecule has 1 heterocycles. The van der Waals surface area contributed by atoms with Crippen LogP contribution in [0.2, 0.25) is 0 Å². The number of aliphatic hydroxyl groups excluding tert-OH is 1. The summed E-state index contributed by atoms with van der Waals surface area (Å²) in [4.78, 5) is 13.4. The maximum absolute atomic E-state index is 11.5. The van der Waals surface area contributed by atoms with E-state index in [9.17, 15) is 4.79 Å². The summed E-state index contributed by atoms with van der Waals surface area (Å²) in [5.41, 5.74) is 0. The molecule has 78 valence electrons. The van der Waals surface area contributed by atoms with Crippen molar-refractivity contribution in [1.82, 2.24) is 5.32 Å². The Hall–Kier alpha value is -0.870. The molecule has 0 aliphatic rings. The van der Waals surface area contributed by atoms with Gasteiger partial charge in [0.15, 0.2) is 0 Å². The number of amides is 1. The molecule has 14 heavy (non-hydrogen) atoms. The molecular formula is C10H15NO2S. The van der Waals surface area contributed by atoms with Crippen LogP contribution in [0, 0.1) is 12.8 Å². The molecule has 0 radical (unpaired) electrons. The van der Waals surface area contributed by atoms with E-state index < -0.39 is 0 Å². The third-order valence-electron chi connectivity index (χ3n) is 1.89. The molecule has 1 rings (SSSR count). The minimum atomic E-state index is -0.0524. The number of rotatable bonds is 4. The summed E-state index contributed by atoms with van der Waals surface area (Å²) in [5, 5.41) is 11.5. The molecule has 2 N–H and O–H groups in total. The highest BCUT2D eigenvalue weighted by atomic mass is 32.1. The van der Waals surface area contributed by atoms with Crippen molar-refractivity contribution in [2.24, 2.45) is 5.92 Å². The van der Waals surface area contributed by atoms with E-state index in [2.05, 4.69) is 5.32 Å². The van der Waals surface area contributed by atoms with Crippen molar-refractivity contribution in [2.75, 3.05) is 13.2 Å². The lowest BCUT2D eigenvalue weighted by Crippen LogP contribution is -2.28. The fourth-order valence-electron chi connectivity index (χ4n) is 0.975. The number of carbonyl (C=O) groups is 1. The van der Waals surface area contributed by atoms with Gasteiger partial charge >= 0.3 is 0 Å². The Morgan fingerprint density at radius 3 is 2.86 bits per heavy atom. The second kappa shape index (κ2) is 5.12. The molecule has 1 aromatic heterocycles. The van der Waals surface area contributed by atoms with Crippen LogP contribution in [0.5, 0.6) is 0 Å². The van der Waals surface area contributed by atoms with Crippen molar-refractivity contribution >= 4 is 17.2 Å². The fraction of sp³-hybridized carbons (Fsp3) is 0.500. The molecule has 1 atom stereocenters. The predicted molar refractivity (Wildman–Crippen MR) is 57.6 cm³/mol. The average Bonchev–Trinajstić information content (AvgIpc) is 2.60. The average molecular weight is 213 g/mol. The number of hydrogen-bond donors (Lipinski definition) is 2. The van der Waals surface area contributed by atoms with Crippen LogP contribution >= 0.6 is 11.3 Å². The zero-order valence-corrected chi connectivity index (χ0v) is 9.23. The van der Waals surface area contributed by atoms with Gasteiger partial charge < -0.3 is 10.4 Å². The Kier molecular flexibility index (Phi) is 4.10. The SMILES string of the molecule is Cc1ccc(C(=O)NCC(C)CO)s1. The molecule has 3 nitrogen and oxygen atoms in total. The summed E-state index contributed by atoms with van der Waals surface area (Å²) in [6.45, 7) is 4.48. The molecule has 0 spiro atoms. The molecular weight excluding hydrogens is 198 g/mol. The van der Waals surface area contributed by atoms with Gasteiger partial charge in [0.05, 0.1) is 4.88 Å². The topological polar surface area (TPSA) is 49.3 Å². The number of hydrogen-bond acceptors (Lipinski definition) is 3. The van der Waals surface area contributed by atoms with E-state index in [1.165, 1.54) is 11.3 Å². The van der Waals surface area contributed by atoms with Crippen molar-refractivity contribution in [1.29, 1.82) is 0 Å². The van der Waals surface area contributed by atoms with Gasteiger partial charge in [0.1, 0.15) is 0 Å². The Balaban J connectivity index is 2.43. The number of aliphatic hydroxyl groups is 1. The third kappa shape index (κ3) is 3.12. The fourth-order valence-corrected chi connectivity index (χ4v) is 1.76. The van der Waals surface area contributed by atoms with Gasteiger partial charge in [-0.15, -0.1) is 11.3 Å². The molecule has 0 aliphatic heterocycles. The Morgan fingerprint density at radius 1 is 1.64 bits per heavy atom. The van der Waals surface area contributed by atoms with Gasteiger partial charge in [-0.3, -0.25) is 4.79 Å². The van der Waals surface area contributed by atoms with Gasteiger partial charge in [-0.1, -0.05) is 6.92 Å². The number of thiophene rings is 1. The minimum absolute atomic E-state index is 0.0524. The standard InChI is InChI=1S/C10H15NO2S/c1-7(6-12)5-11-10(13)9-4-3-8(2)14-9/h3-4,7,12H,5-6H2,1-2H3,(H,11,13). The maximum Gasteiger partial charge on any atom is 0.261 e. The van der Waals surface area contributed by atoms with E-state index in [4.69, 9.17) is 5.11 Å². The number of nitrogens with one attached hydrogen (secondary N) is 1. The summed E-state index contributed by atoms with van der Waals surface area (Å²) in [6.07, 6.45) is 0. The van der Waals surface area contributed by atoms with Gasteiger partial charge in [0.2, 0.25) is 0 Å². The van der Waals surface area contributed by atoms with Gasteiger partial charge in [-0.25, -0.2) is 0 Å². The third-order valence-corrected chi connectivity index (χ3v) is 2.89. The van der Waals surface area contributed by atoms with Crippen molar-refractivity contribution in [3.8, 4) is 0 Å². The van der Waals surface area contributed by atoms with Gasteiger partial charge in [0, 0.05) is 18.0 Å². The van der Waals surface area contributed by atoms with Crippen molar-refractivity contribution in [3.05, 3.63) is 21.9 Å². The van der Waals surface area contributed by atoms with E-state index in [0.717, 1.165) is 9.75 Å². The molecule has 1 unspecified atom stereocenters. The normalized spacial score (nSPS) is 12.5. The Bertz CT molecular complexity index is 309. The molecule has 0 bridgehead atoms. The van der Waals surface area contributed by atoms with Crippen LogP contribution in [-0.2, 0) is 0 Å². The minimum Gasteiger partial charge on any atom is -0.396 e. The molecule has 0 fully saturated rings. The lowest BCUT2D eigenvalue weighted by Gasteiger charge is -2.08. The zero-order chi connectivity index (χ0) is 10.6. The lowest BCUT2D eigenvalue weighted by atomic mass is 10.2. The summed E-state index contributed by atoms with van der Waals surface area (Å²) in [5.74, 6) is 0.0587. The van der Waals surface area contributed by atoms with E-state index in [0.29, 0.717) is 6.54 Å². The van der Waals surface area contributed by atoms with E-state index >= 15 is 0 Å². The Labute approximate surface area is 87.8 Å². The maximum atomic E-state index is 11.5. The van der Waals surface area contributed by atoms with Crippen LogP contribution in [0.4, 0.5) is 0 Å². The van der Waals surface area contributed by atoms with Crippen LogP contribution in [-0.4, -0.2) is 24.2 Å². The first kappa shape index (κ1) is 11.2. The van der Waals surface area contributed by atoms with E-state index in [-0.39, 0.29) is 18.4 Å². The van der Waals surface area contributed by atoms with Crippen LogP contribution in [0.15, 0.2) is 12.1 Å². The number of carbonyl (C=O) groups excluding carboxylic acids is 1. The van der Waals surface area contributed by atoms with Crippen LogP contribution in [0.1, 0.15) is 21.5 Å². The number of aryl methyl sites for hydroxylation is 1. The molecule has 0 aliphatic carbocycles. The van der Waals surface area contributed by atoms with E-state index in [1.807, 2.05) is 26.0 Å². The van der Waals surface area contributed by atoms with Gasteiger partial charge in [0.25, 0.3) is 5.91 Å². The largest absolute Gasteiger partial charge is 0.396 e. The summed E-state index contributed by atoms with van der Waals surface area (Å²) in [6, 6.07) is 3.74. The molecule has 0 aromatic carbocycles. The summed E-state index contributed by atoms with van der Waals surface area (Å²) < 4.78 is 0. The predicted octanol–water partition coefficient (Wildman–Crippen LogP) is 1.41. The first-order chi connectivity index (χ1) is 6.63. The lowest BCUT2D eigenvalue weighted by molar-refractivity contribution is 0.0946. The van der Waals surface area contributed by atoms with E-state index in [1.54, 1.807) is 0 Å². The molecule has 1 amide bonds. The first-order valence-electron chi connectivity index (χ1n) is 4.59. The van der Waals surface area contributed by atoms with Crippen LogP contribution in [0.3, 0.4) is 0 Å². The molecule has 0 saturated carbocycles. The van der Waals surface area contributed by atoms with Crippen LogP contribution in [0.25, 0.3) is 0 Å². The van der Waals surface area contributed by atoms with Gasteiger partial charge in [-0.05, 0) is 25.0 Å². The van der Waals surface area contributed by atoms with Crippen molar-refractivity contribution < 1.29 is 9.90 Å². The second-order valence-electron chi connectivity index (χ2n) is 3.41. The highest BCUT2D eigenvalue weighted by Crippen LogP contribution is 2.14. The van der Waals surface area contributed by atoms with Crippen molar-refractivity contribution in [3.63, 3.8) is 0 Å². The van der Waals surface area contributed by atoms with Crippen molar-refractivity contribution in [2.45, 2.75) is 13.8 Å². The molecule has 0 saturated heterocycles. The highest BCUT2D eigenvalue weighted by molar-refractivity contribution is 7.13. The highest BCUT2D eigenvalue weighted by Gasteiger charge is 2.08. The second-order valence-corrected chi connectivity index (χ2v) is 4.70. The smallest absolute Gasteiger partial charge is 0.261 e. The molecule has 1 aromatic rings. The zero-order valence-electron chi connectivity index (χ0n) is 8.41. The summed E-state index contributed by atoms with van der Waals surface area (Å²) in [7, 11) is 0. The van der Waals surface area contributed by atoms with Crippen LogP contribution < -0.4 is 5.32 Å². The monoisotopic (exact) mass is 213 g/mol. The quantitative estimate of drug-likeness (QED) is 0.794. The first-order valence-corrected chi connectivity index (χ1v) is 5.40. The van der Waals surface area contributed by atoms with Gasteiger partial charge in [-0.2, -0.15) is 0 Å². The summed E-state index contributed by atoms with van der Waals surface area (Å²) >= 11 is 1.48. The molecule has 4 heteroatoms. The Morgan fingerprint density at radius 2 is 2.36 bits per heavy atom.